The third-order valence-electron chi connectivity index (χ3n) is 4.69. The first-order chi connectivity index (χ1) is 13.3. The van der Waals surface area contributed by atoms with Crippen LogP contribution in [0.25, 0.3) is 27.8 Å². The molecule has 0 spiro atoms. The second-order valence-corrected chi connectivity index (χ2v) is 6.81. The summed E-state index contributed by atoms with van der Waals surface area (Å²) in [6.45, 7) is 7.45. The standard InChI is InChI=1S/C21H22N2O4S/c1-5-22-19(26)17-16(14-10-8-7-9-11-14)18(15(12(3)24)13(4)25)27-20(17)23(6-2)21(22)28/h7-11,24H,5-6H2,1-4H3/b15-12+. The van der Waals surface area contributed by atoms with Crippen molar-refractivity contribution in [1.29, 1.82) is 0 Å². The molecule has 2 heterocycles. The fourth-order valence-corrected chi connectivity index (χ4v) is 3.88. The summed E-state index contributed by atoms with van der Waals surface area (Å²) in [4.78, 5) is 25.6. The van der Waals surface area contributed by atoms with Crippen molar-refractivity contribution in [2.45, 2.75) is 40.8 Å². The highest BCUT2D eigenvalue weighted by molar-refractivity contribution is 7.71. The van der Waals surface area contributed by atoms with Crippen LogP contribution in [0.2, 0.25) is 0 Å². The van der Waals surface area contributed by atoms with Crippen LogP contribution >= 0.6 is 12.2 Å². The Kier molecular flexibility index (Phi) is 5.38. The molecule has 28 heavy (non-hydrogen) atoms. The predicted octanol–water partition coefficient (Wildman–Crippen LogP) is 4.71. The molecule has 3 aromatic rings. The van der Waals surface area contributed by atoms with E-state index in [-0.39, 0.29) is 28.4 Å². The maximum atomic E-state index is 13.3. The van der Waals surface area contributed by atoms with E-state index in [9.17, 15) is 14.7 Å². The highest BCUT2D eigenvalue weighted by Gasteiger charge is 2.28. The second-order valence-electron chi connectivity index (χ2n) is 6.45. The molecular formula is C21H22N2O4S. The van der Waals surface area contributed by atoms with E-state index in [0.29, 0.717) is 34.5 Å². The number of allylic oxidation sites excluding steroid dienone is 2. The van der Waals surface area contributed by atoms with Crippen molar-refractivity contribution < 1.29 is 14.3 Å². The molecule has 0 saturated heterocycles. The van der Waals surface area contributed by atoms with Crippen molar-refractivity contribution in [3.8, 4) is 11.1 Å². The van der Waals surface area contributed by atoms with Crippen LogP contribution in [0.1, 0.15) is 33.5 Å². The molecule has 2 aromatic heterocycles. The second kappa shape index (κ2) is 7.59. The number of carbonyl (C=O) groups excluding carboxylic acids is 1. The van der Waals surface area contributed by atoms with Crippen molar-refractivity contribution >= 4 is 34.7 Å². The SMILES string of the molecule is CCn1c(=O)c2c(-c3ccccc3)c(/C(C(C)=O)=C(\C)O)oc2n(CC)c1=S. The number of benzene rings is 1. The molecule has 0 fully saturated rings. The van der Waals surface area contributed by atoms with Gasteiger partial charge >= 0.3 is 0 Å². The maximum Gasteiger partial charge on any atom is 0.266 e. The van der Waals surface area contributed by atoms with Crippen LogP contribution in [0, 0.1) is 4.77 Å². The van der Waals surface area contributed by atoms with E-state index >= 15 is 0 Å². The van der Waals surface area contributed by atoms with E-state index in [4.69, 9.17) is 16.6 Å². The molecule has 146 valence electrons. The molecule has 0 aliphatic carbocycles. The van der Waals surface area contributed by atoms with Gasteiger partial charge in [-0.25, -0.2) is 0 Å². The first kappa shape index (κ1) is 19.8. The monoisotopic (exact) mass is 398 g/mol. The Morgan fingerprint density at radius 2 is 1.71 bits per heavy atom. The number of rotatable bonds is 5. The minimum atomic E-state index is -0.353. The summed E-state index contributed by atoms with van der Waals surface area (Å²) in [6.07, 6.45) is 0. The first-order valence-electron chi connectivity index (χ1n) is 9.10. The number of Topliss-reactive ketones (excluding diaryl/α,β-unsaturated/α-hetero) is 1. The molecule has 0 aliphatic heterocycles. The summed E-state index contributed by atoms with van der Waals surface area (Å²) >= 11 is 5.48. The number of aromatic nitrogens is 2. The third kappa shape index (κ3) is 3.01. The largest absolute Gasteiger partial charge is 0.512 e. The number of nitrogens with zero attached hydrogens (tertiary/aromatic N) is 2. The van der Waals surface area contributed by atoms with Crippen LogP contribution in [-0.2, 0) is 17.9 Å². The molecular weight excluding hydrogens is 376 g/mol. The number of furan rings is 1. The van der Waals surface area contributed by atoms with Crippen LogP contribution in [-0.4, -0.2) is 20.0 Å². The highest BCUT2D eigenvalue weighted by atomic mass is 32.1. The summed E-state index contributed by atoms with van der Waals surface area (Å²) in [5.74, 6) is -0.342. The molecule has 7 heteroatoms. The highest BCUT2D eigenvalue weighted by Crippen LogP contribution is 2.38. The van der Waals surface area contributed by atoms with Crippen molar-refractivity contribution in [1.82, 2.24) is 9.13 Å². The van der Waals surface area contributed by atoms with Gasteiger partial charge in [0.1, 0.15) is 11.1 Å². The quantitative estimate of drug-likeness (QED) is 0.383. The van der Waals surface area contributed by atoms with Gasteiger partial charge in [-0.15, -0.1) is 0 Å². The zero-order valence-electron chi connectivity index (χ0n) is 16.3. The summed E-state index contributed by atoms with van der Waals surface area (Å²) < 4.78 is 9.67. The fraction of sp³-hybridized carbons (Fsp3) is 0.286. The lowest BCUT2D eigenvalue weighted by atomic mass is 9.97. The van der Waals surface area contributed by atoms with Gasteiger partial charge in [-0.3, -0.25) is 18.7 Å². The van der Waals surface area contributed by atoms with Crippen molar-refractivity contribution in [2.24, 2.45) is 0 Å². The number of aliphatic hydroxyl groups excluding tert-OH is 1. The normalized spacial score (nSPS) is 12.3. The van der Waals surface area contributed by atoms with Gasteiger partial charge < -0.3 is 9.52 Å². The molecule has 3 rings (SSSR count). The average molecular weight is 398 g/mol. The topological polar surface area (TPSA) is 77.4 Å². The molecule has 1 N–H and O–H groups in total. The maximum absolute atomic E-state index is 13.3. The van der Waals surface area contributed by atoms with Gasteiger partial charge in [0.2, 0.25) is 5.71 Å². The van der Waals surface area contributed by atoms with Gasteiger partial charge in [-0.2, -0.15) is 0 Å². The third-order valence-corrected chi connectivity index (χ3v) is 5.13. The Labute approximate surface area is 167 Å². The Bertz CT molecular complexity index is 1210. The molecule has 0 aliphatic rings. The van der Waals surface area contributed by atoms with Crippen LogP contribution in [0.3, 0.4) is 0 Å². The lowest BCUT2D eigenvalue weighted by Gasteiger charge is -2.10. The Balaban J connectivity index is 2.65. The van der Waals surface area contributed by atoms with E-state index in [1.165, 1.54) is 18.4 Å². The number of hydrogen-bond donors (Lipinski definition) is 1. The van der Waals surface area contributed by atoms with Gasteiger partial charge in [0.25, 0.3) is 5.56 Å². The number of hydrogen-bond acceptors (Lipinski definition) is 5. The fourth-order valence-electron chi connectivity index (χ4n) is 3.46. The Hall–Kier alpha value is -2.93. The van der Waals surface area contributed by atoms with Crippen molar-refractivity contribution in [3.05, 3.63) is 57.0 Å². The van der Waals surface area contributed by atoms with Crippen molar-refractivity contribution in [3.63, 3.8) is 0 Å². The molecule has 0 unspecified atom stereocenters. The first-order valence-corrected chi connectivity index (χ1v) is 9.50. The molecule has 0 radical (unpaired) electrons. The van der Waals surface area contributed by atoms with Gasteiger partial charge in [0, 0.05) is 18.7 Å². The lowest BCUT2D eigenvalue weighted by molar-refractivity contribution is -0.112. The Morgan fingerprint density at radius 1 is 1.11 bits per heavy atom. The van der Waals surface area contributed by atoms with Crippen LogP contribution in [0.4, 0.5) is 0 Å². The summed E-state index contributed by atoms with van der Waals surface area (Å²) in [6, 6.07) is 9.23. The van der Waals surface area contributed by atoms with E-state index in [0.717, 1.165) is 5.56 Å². The van der Waals surface area contributed by atoms with Gasteiger partial charge in [-0.1, -0.05) is 30.3 Å². The molecule has 1 aromatic carbocycles. The average Bonchev–Trinajstić information content (AvgIpc) is 3.02. The molecule has 0 saturated carbocycles. The smallest absolute Gasteiger partial charge is 0.266 e. The predicted molar refractivity (Wildman–Crippen MR) is 112 cm³/mol. The number of carbonyl (C=O) groups is 1. The summed E-state index contributed by atoms with van der Waals surface area (Å²) in [5.41, 5.74) is 1.27. The molecule has 6 nitrogen and oxygen atoms in total. The number of aliphatic hydroxyl groups is 1. The lowest BCUT2D eigenvalue weighted by Crippen LogP contribution is -2.24. The molecule has 0 bridgehead atoms. The molecule has 0 atom stereocenters. The zero-order valence-corrected chi connectivity index (χ0v) is 17.1. The van der Waals surface area contributed by atoms with E-state index < -0.39 is 0 Å². The molecule has 0 amide bonds. The van der Waals surface area contributed by atoms with E-state index in [1.807, 2.05) is 44.2 Å². The minimum absolute atomic E-state index is 0.0473. The van der Waals surface area contributed by atoms with Gasteiger partial charge in [0.15, 0.2) is 16.3 Å². The van der Waals surface area contributed by atoms with Crippen LogP contribution < -0.4 is 5.56 Å². The van der Waals surface area contributed by atoms with E-state index in [2.05, 4.69) is 0 Å². The van der Waals surface area contributed by atoms with Gasteiger partial charge in [0.05, 0.1) is 5.57 Å². The zero-order chi connectivity index (χ0) is 20.6. The number of aryl methyl sites for hydroxylation is 1. The minimum Gasteiger partial charge on any atom is -0.512 e. The van der Waals surface area contributed by atoms with Crippen LogP contribution in [0.5, 0.6) is 0 Å². The Morgan fingerprint density at radius 3 is 2.21 bits per heavy atom. The number of ketones is 1. The van der Waals surface area contributed by atoms with Gasteiger partial charge in [-0.05, 0) is 45.5 Å². The van der Waals surface area contributed by atoms with E-state index in [1.54, 1.807) is 4.57 Å². The van der Waals surface area contributed by atoms with Crippen LogP contribution in [0.15, 0.2) is 45.3 Å². The summed E-state index contributed by atoms with van der Waals surface area (Å²) in [7, 11) is 0. The number of fused-ring (bicyclic) bond motifs is 1. The summed E-state index contributed by atoms with van der Waals surface area (Å²) in [5, 5.41) is 10.5. The van der Waals surface area contributed by atoms with Crippen molar-refractivity contribution in [2.75, 3.05) is 0 Å².